The van der Waals surface area contributed by atoms with Gasteiger partial charge in [-0.1, -0.05) is 62.7 Å². The highest BCUT2D eigenvalue weighted by Crippen LogP contribution is 2.22. The van der Waals surface area contributed by atoms with Crippen LogP contribution in [0.15, 0.2) is 48.5 Å². The number of nitrogens with zero attached hydrogens (tertiary/aromatic N) is 2. The van der Waals surface area contributed by atoms with Gasteiger partial charge in [-0.15, -0.1) is 0 Å². The molecule has 0 fully saturated rings. The standard InChI is InChI=1S/C25H34ClN3O4S/c1-6-23(25(31)27-15-18(2)3)28(16-20-11-7-8-13-22(20)26)24(30)17-29(34(5,32)33)21-12-9-10-19(4)14-21/h7-14,18,23H,6,15-17H2,1-5H3,(H,27,31). The molecule has 7 nitrogen and oxygen atoms in total. The summed E-state index contributed by atoms with van der Waals surface area (Å²) in [5, 5.41) is 3.36. The molecule has 9 heteroatoms. The number of sulfonamides is 1. The van der Waals surface area contributed by atoms with Gasteiger partial charge < -0.3 is 10.2 Å². The molecule has 186 valence electrons. The number of carbonyl (C=O) groups excluding carboxylic acids is 2. The average molecular weight is 508 g/mol. The maximum Gasteiger partial charge on any atom is 0.244 e. The molecule has 0 aromatic heterocycles. The molecule has 1 atom stereocenters. The number of rotatable bonds is 11. The van der Waals surface area contributed by atoms with Crippen molar-refractivity contribution >= 4 is 39.1 Å². The smallest absolute Gasteiger partial charge is 0.244 e. The van der Waals surface area contributed by atoms with Gasteiger partial charge in [0, 0.05) is 18.1 Å². The van der Waals surface area contributed by atoms with Gasteiger partial charge in [0.2, 0.25) is 21.8 Å². The minimum absolute atomic E-state index is 0.0809. The summed E-state index contributed by atoms with van der Waals surface area (Å²) in [4.78, 5) is 28.1. The lowest BCUT2D eigenvalue weighted by atomic mass is 10.1. The molecule has 0 aliphatic rings. The third-order valence-electron chi connectivity index (χ3n) is 5.34. The third kappa shape index (κ3) is 7.74. The van der Waals surface area contributed by atoms with E-state index in [0.29, 0.717) is 29.2 Å². The average Bonchev–Trinajstić information content (AvgIpc) is 2.76. The molecule has 2 aromatic rings. The Bertz CT molecular complexity index is 1100. The predicted molar refractivity (Wildman–Crippen MR) is 137 cm³/mol. The van der Waals surface area contributed by atoms with Crippen molar-refractivity contribution in [3.8, 4) is 0 Å². The van der Waals surface area contributed by atoms with Gasteiger partial charge in [0.05, 0.1) is 11.9 Å². The molecule has 1 N–H and O–H groups in total. The lowest BCUT2D eigenvalue weighted by Crippen LogP contribution is -2.52. The number of benzene rings is 2. The van der Waals surface area contributed by atoms with Crippen LogP contribution in [-0.2, 0) is 26.2 Å². The van der Waals surface area contributed by atoms with E-state index in [1.165, 1.54) is 4.90 Å². The highest BCUT2D eigenvalue weighted by molar-refractivity contribution is 7.92. The largest absolute Gasteiger partial charge is 0.354 e. The van der Waals surface area contributed by atoms with E-state index in [0.717, 1.165) is 16.1 Å². The van der Waals surface area contributed by atoms with E-state index >= 15 is 0 Å². The lowest BCUT2D eigenvalue weighted by molar-refractivity contribution is -0.140. The summed E-state index contributed by atoms with van der Waals surface area (Å²) in [6.45, 7) is 7.77. The van der Waals surface area contributed by atoms with Crippen LogP contribution in [0.4, 0.5) is 5.69 Å². The van der Waals surface area contributed by atoms with Crippen molar-refractivity contribution in [2.24, 2.45) is 5.92 Å². The van der Waals surface area contributed by atoms with Crippen LogP contribution in [0.25, 0.3) is 0 Å². The minimum atomic E-state index is -3.76. The number of amides is 2. The van der Waals surface area contributed by atoms with Crippen molar-refractivity contribution in [3.63, 3.8) is 0 Å². The van der Waals surface area contributed by atoms with Gasteiger partial charge in [0.25, 0.3) is 0 Å². The maximum absolute atomic E-state index is 13.6. The van der Waals surface area contributed by atoms with Crippen molar-refractivity contribution in [3.05, 3.63) is 64.7 Å². The molecular formula is C25H34ClN3O4S. The Hall–Kier alpha value is -2.58. The zero-order valence-corrected chi connectivity index (χ0v) is 22.0. The van der Waals surface area contributed by atoms with E-state index in [4.69, 9.17) is 11.6 Å². The number of anilines is 1. The van der Waals surface area contributed by atoms with Crippen molar-refractivity contribution in [1.29, 1.82) is 0 Å². The molecule has 0 spiro atoms. The van der Waals surface area contributed by atoms with Gasteiger partial charge in [0.15, 0.2) is 0 Å². The summed E-state index contributed by atoms with van der Waals surface area (Å²) < 4.78 is 26.3. The summed E-state index contributed by atoms with van der Waals surface area (Å²) in [7, 11) is -3.76. The molecule has 0 bridgehead atoms. The van der Waals surface area contributed by atoms with E-state index in [9.17, 15) is 18.0 Å². The van der Waals surface area contributed by atoms with E-state index in [2.05, 4.69) is 5.32 Å². The third-order valence-corrected chi connectivity index (χ3v) is 6.85. The Balaban J connectivity index is 2.43. The second-order valence-corrected chi connectivity index (χ2v) is 11.1. The van der Waals surface area contributed by atoms with Crippen molar-refractivity contribution < 1.29 is 18.0 Å². The van der Waals surface area contributed by atoms with Crippen molar-refractivity contribution in [2.75, 3.05) is 23.7 Å². The molecule has 2 amide bonds. The zero-order chi connectivity index (χ0) is 25.5. The Labute approximate surface area is 208 Å². The summed E-state index contributed by atoms with van der Waals surface area (Å²) in [5.41, 5.74) is 1.94. The minimum Gasteiger partial charge on any atom is -0.354 e. The lowest BCUT2D eigenvalue weighted by Gasteiger charge is -2.33. The maximum atomic E-state index is 13.6. The molecule has 0 saturated carbocycles. The van der Waals surface area contributed by atoms with Gasteiger partial charge in [-0.25, -0.2) is 8.42 Å². The molecule has 0 radical (unpaired) electrons. The Kier molecular flexibility index (Phi) is 9.94. The van der Waals surface area contributed by atoms with Crippen LogP contribution < -0.4 is 9.62 Å². The quantitative estimate of drug-likeness (QED) is 0.498. The first-order valence-electron chi connectivity index (χ1n) is 11.3. The monoisotopic (exact) mass is 507 g/mol. The topological polar surface area (TPSA) is 86.8 Å². The van der Waals surface area contributed by atoms with Crippen molar-refractivity contribution in [1.82, 2.24) is 10.2 Å². The van der Waals surface area contributed by atoms with Gasteiger partial charge in [0.1, 0.15) is 12.6 Å². The van der Waals surface area contributed by atoms with E-state index in [1.807, 2.05) is 33.8 Å². The fourth-order valence-electron chi connectivity index (χ4n) is 3.55. The van der Waals surface area contributed by atoms with E-state index in [-0.39, 0.29) is 18.4 Å². The van der Waals surface area contributed by atoms with E-state index < -0.39 is 28.5 Å². The highest BCUT2D eigenvalue weighted by Gasteiger charge is 2.32. The van der Waals surface area contributed by atoms with Crippen LogP contribution in [0, 0.1) is 12.8 Å². The molecular weight excluding hydrogens is 474 g/mol. The zero-order valence-electron chi connectivity index (χ0n) is 20.4. The van der Waals surface area contributed by atoms with Crippen LogP contribution in [0.1, 0.15) is 38.3 Å². The first kappa shape index (κ1) is 27.7. The molecule has 2 rings (SSSR count). The fraction of sp³-hybridized carbons (Fsp3) is 0.440. The molecule has 0 aliphatic carbocycles. The first-order chi connectivity index (χ1) is 15.9. The normalized spacial score (nSPS) is 12.3. The molecule has 1 unspecified atom stereocenters. The fourth-order valence-corrected chi connectivity index (χ4v) is 4.59. The highest BCUT2D eigenvalue weighted by atomic mass is 35.5. The van der Waals surface area contributed by atoms with E-state index in [1.54, 1.807) is 42.5 Å². The number of halogens is 1. The summed E-state index contributed by atoms with van der Waals surface area (Å²) in [6.07, 6.45) is 1.43. The van der Waals surface area contributed by atoms with Crippen molar-refractivity contribution in [2.45, 2.75) is 46.7 Å². The molecule has 2 aromatic carbocycles. The van der Waals surface area contributed by atoms with Crippen LogP contribution >= 0.6 is 11.6 Å². The number of carbonyl (C=O) groups is 2. The molecule has 34 heavy (non-hydrogen) atoms. The first-order valence-corrected chi connectivity index (χ1v) is 13.5. The summed E-state index contributed by atoms with van der Waals surface area (Å²) in [6, 6.07) is 13.3. The number of hydrogen-bond donors (Lipinski definition) is 1. The second-order valence-electron chi connectivity index (χ2n) is 8.78. The number of hydrogen-bond acceptors (Lipinski definition) is 4. The SMILES string of the molecule is CCC(C(=O)NCC(C)C)N(Cc1ccccc1Cl)C(=O)CN(c1cccc(C)c1)S(C)(=O)=O. The number of nitrogens with one attached hydrogen (secondary N) is 1. The van der Waals surface area contributed by atoms with Gasteiger partial charge >= 0.3 is 0 Å². The van der Waals surface area contributed by atoms with Gasteiger partial charge in [-0.2, -0.15) is 0 Å². The van der Waals surface area contributed by atoms with Gasteiger partial charge in [-0.05, 0) is 48.6 Å². The second kappa shape index (κ2) is 12.2. The van der Waals surface area contributed by atoms with Crippen LogP contribution in [0.3, 0.4) is 0 Å². The summed E-state index contributed by atoms with van der Waals surface area (Å²) >= 11 is 6.35. The Morgan fingerprint density at radius 1 is 1.09 bits per heavy atom. The molecule has 0 saturated heterocycles. The van der Waals surface area contributed by atoms with Crippen LogP contribution in [0.2, 0.25) is 5.02 Å². The molecule has 0 heterocycles. The Morgan fingerprint density at radius 2 is 1.76 bits per heavy atom. The number of aryl methyl sites for hydroxylation is 1. The molecule has 0 aliphatic heterocycles. The predicted octanol–water partition coefficient (Wildman–Crippen LogP) is 3.99. The van der Waals surface area contributed by atoms with Gasteiger partial charge in [-0.3, -0.25) is 13.9 Å². The van der Waals surface area contributed by atoms with Crippen LogP contribution in [-0.4, -0.2) is 50.5 Å². The Morgan fingerprint density at radius 3 is 2.32 bits per heavy atom. The summed E-state index contributed by atoms with van der Waals surface area (Å²) in [5.74, 6) is -0.521. The van der Waals surface area contributed by atoms with Crippen LogP contribution in [0.5, 0.6) is 0 Å².